The number of nitrogens with zero attached hydrogens (tertiary/aromatic N) is 5. The summed E-state index contributed by atoms with van der Waals surface area (Å²) in [5.41, 5.74) is 3.33. The monoisotopic (exact) mass is 379 g/mol. The number of ether oxygens (including phenoxy) is 1. The van der Waals surface area contributed by atoms with Gasteiger partial charge < -0.3 is 14.7 Å². The molecular weight excluding hydrogens is 362 g/mol. The quantitative estimate of drug-likeness (QED) is 0.586. The van der Waals surface area contributed by atoms with E-state index in [-0.39, 0.29) is 6.61 Å². The summed E-state index contributed by atoms with van der Waals surface area (Å²) in [5, 5.41) is 9.47. The lowest BCUT2D eigenvalue weighted by Gasteiger charge is -2.28. The number of hydrogen-bond donors (Lipinski definition) is 1. The second kappa shape index (κ2) is 6.80. The first-order chi connectivity index (χ1) is 13.3. The minimum absolute atomic E-state index is 0.0146. The van der Waals surface area contributed by atoms with Gasteiger partial charge in [-0.3, -0.25) is 0 Å². The molecule has 0 aliphatic carbocycles. The van der Waals surface area contributed by atoms with Gasteiger partial charge in [0, 0.05) is 31.0 Å². The van der Waals surface area contributed by atoms with Crippen LogP contribution in [0.25, 0.3) is 32.0 Å². The van der Waals surface area contributed by atoms with E-state index in [2.05, 4.69) is 14.9 Å². The third-order valence-electron chi connectivity index (χ3n) is 4.61. The Morgan fingerprint density at radius 2 is 1.93 bits per heavy atom. The summed E-state index contributed by atoms with van der Waals surface area (Å²) < 4.78 is 6.50. The van der Waals surface area contributed by atoms with Crippen LogP contribution in [0.2, 0.25) is 0 Å². The summed E-state index contributed by atoms with van der Waals surface area (Å²) in [6.45, 7) is 2.93. The van der Waals surface area contributed by atoms with Crippen molar-refractivity contribution in [3.63, 3.8) is 0 Å². The Balaban J connectivity index is 1.77. The van der Waals surface area contributed by atoms with Crippen LogP contribution in [0.4, 0.5) is 5.82 Å². The van der Waals surface area contributed by atoms with Gasteiger partial charge in [0.05, 0.1) is 24.5 Å². The number of aliphatic hydroxyl groups is 1. The highest BCUT2D eigenvalue weighted by molar-refractivity contribution is 7.25. The molecule has 0 saturated carbocycles. The molecule has 136 valence electrons. The van der Waals surface area contributed by atoms with Crippen molar-refractivity contribution in [2.75, 3.05) is 31.2 Å². The van der Waals surface area contributed by atoms with Crippen molar-refractivity contribution in [3.8, 4) is 11.4 Å². The second-order valence-corrected chi connectivity index (χ2v) is 7.32. The minimum atomic E-state index is -0.0146. The zero-order valence-corrected chi connectivity index (χ0v) is 15.3. The zero-order chi connectivity index (χ0) is 18.2. The summed E-state index contributed by atoms with van der Waals surface area (Å²) in [6.07, 6.45) is 3.39. The lowest BCUT2D eigenvalue weighted by molar-refractivity contribution is 0.122. The molecule has 7 nitrogen and oxygen atoms in total. The number of morpholine rings is 1. The molecule has 5 rings (SSSR count). The number of aliphatic hydroxyl groups excluding tert-OH is 1. The van der Waals surface area contributed by atoms with Gasteiger partial charge >= 0.3 is 0 Å². The van der Waals surface area contributed by atoms with Gasteiger partial charge in [0.25, 0.3) is 0 Å². The van der Waals surface area contributed by atoms with Crippen LogP contribution in [0.15, 0.2) is 36.7 Å². The van der Waals surface area contributed by atoms with Crippen molar-refractivity contribution in [1.82, 2.24) is 19.9 Å². The van der Waals surface area contributed by atoms with E-state index >= 15 is 0 Å². The van der Waals surface area contributed by atoms with Crippen molar-refractivity contribution in [2.24, 2.45) is 0 Å². The molecule has 4 aromatic rings. The molecule has 0 bridgehead atoms. The predicted molar refractivity (Wildman–Crippen MR) is 105 cm³/mol. The maximum atomic E-state index is 9.47. The van der Waals surface area contributed by atoms with Crippen LogP contribution in [0.5, 0.6) is 0 Å². The summed E-state index contributed by atoms with van der Waals surface area (Å²) in [7, 11) is 0. The van der Waals surface area contributed by atoms with Gasteiger partial charge in [0.15, 0.2) is 11.6 Å². The Kier molecular flexibility index (Phi) is 4.16. The van der Waals surface area contributed by atoms with E-state index in [9.17, 15) is 5.11 Å². The minimum Gasteiger partial charge on any atom is -0.392 e. The summed E-state index contributed by atoms with van der Waals surface area (Å²) in [6, 6.07) is 7.68. The average molecular weight is 379 g/mol. The number of fused-ring (bicyclic) bond motifs is 3. The zero-order valence-electron chi connectivity index (χ0n) is 14.5. The van der Waals surface area contributed by atoms with Crippen molar-refractivity contribution >= 4 is 37.7 Å². The van der Waals surface area contributed by atoms with Gasteiger partial charge in [-0.2, -0.15) is 0 Å². The van der Waals surface area contributed by atoms with Crippen LogP contribution in [-0.2, 0) is 11.3 Å². The first-order valence-corrected chi connectivity index (χ1v) is 9.59. The van der Waals surface area contributed by atoms with Crippen LogP contribution in [0.1, 0.15) is 5.56 Å². The van der Waals surface area contributed by atoms with Crippen LogP contribution >= 0.6 is 11.3 Å². The third-order valence-corrected chi connectivity index (χ3v) is 5.69. The van der Waals surface area contributed by atoms with Crippen molar-refractivity contribution in [1.29, 1.82) is 0 Å². The molecule has 8 heteroatoms. The molecule has 1 fully saturated rings. The lowest BCUT2D eigenvalue weighted by Crippen LogP contribution is -2.36. The van der Waals surface area contributed by atoms with Crippen LogP contribution < -0.4 is 4.90 Å². The number of rotatable bonds is 3. The largest absolute Gasteiger partial charge is 0.392 e. The topological polar surface area (TPSA) is 84.3 Å². The fraction of sp³-hybridized carbons (Fsp3) is 0.263. The molecule has 0 unspecified atom stereocenters. The highest BCUT2D eigenvalue weighted by Gasteiger charge is 2.22. The van der Waals surface area contributed by atoms with E-state index in [4.69, 9.17) is 14.7 Å². The molecule has 0 spiro atoms. The molecule has 0 radical (unpaired) electrons. The van der Waals surface area contributed by atoms with Gasteiger partial charge in [-0.15, -0.1) is 11.3 Å². The Hall–Kier alpha value is -2.68. The molecule has 1 aromatic carbocycles. The second-order valence-electron chi connectivity index (χ2n) is 6.32. The predicted octanol–water partition coefficient (Wildman–Crippen LogP) is 2.63. The number of benzene rings is 1. The van der Waals surface area contributed by atoms with Crippen LogP contribution in [0, 0.1) is 0 Å². The molecule has 1 N–H and O–H groups in total. The van der Waals surface area contributed by atoms with Gasteiger partial charge in [0.2, 0.25) is 0 Å². The maximum Gasteiger partial charge on any atom is 0.162 e. The normalized spacial score (nSPS) is 14.9. The average Bonchev–Trinajstić information content (AvgIpc) is 3.12. The molecule has 1 aliphatic heterocycles. The fourth-order valence-corrected chi connectivity index (χ4v) is 4.34. The molecule has 0 amide bonds. The first kappa shape index (κ1) is 16.5. The molecule has 4 heterocycles. The molecular formula is C19H17N5O2S. The van der Waals surface area contributed by atoms with Gasteiger partial charge in [-0.25, -0.2) is 19.9 Å². The maximum absolute atomic E-state index is 9.47. The number of hydrogen-bond acceptors (Lipinski definition) is 8. The van der Waals surface area contributed by atoms with E-state index in [0.29, 0.717) is 19.0 Å². The Morgan fingerprint density at radius 1 is 1.07 bits per heavy atom. The summed E-state index contributed by atoms with van der Waals surface area (Å²) >= 11 is 1.57. The molecule has 1 aliphatic rings. The van der Waals surface area contributed by atoms with Gasteiger partial charge in [-0.1, -0.05) is 18.2 Å². The van der Waals surface area contributed by atoms with E-state index in [1.165, 1.54) is 0 Å². The van der Waals surface area contributed by atoms with Gasteiger partial charge in [0.1, 0.15) is 15.9 Å². The van der Waals surface area contributed by atoms with E-state index in [1.807, 2.05) is 24.3 Å². The highest BCUT2D eigenvalue weighted by atomic mass is 32.1. The highest BCUT2D eigenvalue weighted by Crippen LogP contribution is 2.37. The molecule has 3 aromatic heterocycles. The smallest absolute Gasteiger partial charge is 0.162 e. The first-order valence-electron chi connectivity index (χ1n) is 8.77. The Morgan fingerprint density at radius 3 is 2.78 bits per heavy atom. The van der Waals surface area contributed by atoms with Crippen molar-refractivity contribution in [2.45, 2.75) is 6.61 Å². The number of aromatic nitrogens is 4. The van der Waals surface area contributed by atoms with E-state index < -0.39 is 0 Å². The third kappa shape index (κ3) is 2.91. The lowest BCUT2D eigenvalue weighted by atomic mass is 10.1. The van der Waals surface area contributed by atoms with Crippen molar-refractivity contribution < 1.29 is 9.84 Å². The van der Waals surface area contributed by atoms with Crippen LogP contribution in [-0.4, -0.2) is 51.3 Å². The standard InChI is InChI=1S/C19H17N5O2S/c25-11-12-2-1-3-13(10-12)17-22-14-15-19(21-5-4-20-15)27-16(14)18(23-17)24-6-8-26-9-7-24/h1-5,10,25H,6-9,11H2. The summed E-state index contributed by atoms with van der Waals surface area (Å²) in [5.74, 6) is 1.53. The molecule has 27 heavy (non-hydrogen) atoms. The van der Waals surface area contributed by atoms with Crippen LogP contribution in [0.3, 0.4) is 0 Å². The number of thiophene rings is 1. The SMILES string of the molecule is OCc1cccc(-c2nc(N3CCOCC3)c3sc4nccnc4c3n2)c1. The Labute approximate surface area is 159 Å². The van der Waals surface area contributed by atoms with Gasteiger partial charge in [-0.05, 0) is 11.6 Å². The molecule has 0 atom stereocenters. The van der Waals surface area contributed by atoms with E-state index in [1.54, 1.807) is 23.7 Å². The van der Waals surface area contributed by atoms with E-state index in [0.717, 1.165) is 50.6 Å². The fourth-order valence-electron chi connectivity index (χ4n) is 3.28. The molecule has 1 saturated heterocycles. The summed E-state index contributed by atoms with van der Waals surface area (Å²) in [4.78, 5) is 21.8. The Bertz CT molecular complexity index is 1120. The van der Waals surface area contributed by atoms with Crippen molar-refractivity contribution in [3.05, 3.63) is 42.2 Å². The number of anilines is 1.